The van der Waals surface area contributed by atoms with Gasteiger partial charge in [-0.1, -0.05) is 12.8 Å². The normalized spacial score (nSPS) is 17.7. The van der Waals surface area contributed by atoms with Crippen LogP contribution in [0.4, 0.5) is 0 Å². The third kappa shape index (κ3) is 3.76. The molecule has 180 valence electrons. The smallest absolute Gasteiger partial charge is 0.338 e. The summed E-state index contributed by atoms with van der Waals surface area (Å²) >= 11 is 0. The van der Waals surface area contributed by atoms with Gasteiger partial charge in [-0.3, -0.25) is 14.2 Å². The van der Waals surface area contributed by atoms with E-state index in [1.54, 1.807) is 30.3 Å². The summed E-state index contributed by atoms with van der Waals surface area (Å²) in [6, 6.07) is 3.80. The molecule has 0 N–H and O–H groups in total. The lowest BCUT2D eigenvalue weighted by atomic mass is 9.95. The Labute approximate surface area is 198 Å². The molecule has 0 unspecified atom stereocenters. The molecule has 0 aromatic carbocycles. The van der Waals surface area contributed by atoms with Crippen molar-refractivity contribution < 1.29 is 4.79 Å². The number of rotatable bonds is 4. The quantitative estimate of drug-likeness (QED) is 0.592. The number of fused-ring (bicyclic) bond motifs is 1. The van der Waals surface area contributed by atoms with Gasteiger partial charge in [-0.25, -0.2) is 14.5 Å². The predicted molar refractivity (Wildman–Crippen MR) is 129 cm³/mol. The molecule has 1 saturated heterocycles. The number of hydrogen-bond donors (Lipinski definition) is 0. The third-order valence-electron chi connectivity index (χ3n) is 7.45. The highest BCUT2D eigenvalue weighted by molar-refractivity contribution is 5.97. The Morgan fingerprint density at radius 1 is 1.09 bits per heavy atom. The zero-order chi connectivity index (χ0) is 24.0. The molecular formula is C25H32N6O3. The van der Waals surface area contributed by atoms with Gasteiger partial charge in [0.05, 0.1) is 5.39 Å². The standard InChI is InChI=1S/C25H32N6O3/c1-4-29-15-20(21(32)19-10-9-16(2)26-23(19)29)24(33)30-13-11-17(12-14-30)22-27-28(3)25(34)31(22)18-7-5-6-8-18/h9-10,15,17-18H,4-8,11-14H2,1-3H3. The molecule has 4 heterocycles. The molecular weight excluding hydrogens is 432 g/mol. The molecule has 2 fully saturated rings. The van der Waals surface area contributed by atoms with E-state index >= 15 is 0 Å². The summed E-state index contributed by atoms with van der Waals surface area (Å²) in [6.45, 7) is 5.56. The molecule has 0 radical (unpaired) electrons. The molecule has 0 bridgehead atoms. The van der Waals surface area contributed by atoms with Crippen LogP contribution in [-0.2, 0) is 13.6 Å². The third-order valence-corrected chi connectivity index (χ3v) is 7.45. The molecule has 1 aliphatic heterocycles. The molecule has 3 aromatic heterocycles. The molecule has 0 spiro atoms. The Bertz CT molecular complexity index is 1350. The molecule has 2 aliphatic rings. The molecule has 9 heteroatoms. The second-order valence-electron chi connectivity index (χ2n) is 9.62. The number of nitrogens with zero attached hydrogens (tertiary/aromatic N) is 6. The predicted octanol–water partition coefficient (Wildman–Crippen LogP) is 2.75. The topological polar surface area (TPSA) is 95.0 Å². The van der Waals surface area contributed by atoms with E-state index < -0.39 is 0 Å². The number of carbonyl (C=O) groups is 1. The van der Waals surface area contributed by atoms with Crippen molar-refractivity contribution >= 4 is 16.9 Å². The molecule has 1 aliphatic carbocycles. The second kappa shape index (κ2) is 8.85. The molecule has 3 aromatic rings. The number of aryl methyl sites for hydroxylation is 3. The van der Waals surface area contributed by atoms with E-state index in [0.717, 1.165) is 50.0 Å². The maximum atomic E-state index is 13.4. The molecule has 9 nitrogen and oxygen atoms in total. The molecule has 1 saturated carbocycles. The summed E-state index contributed by atoms with van der Waals surface area (Å²) in [5, 5.41) is 5.06. The monoisotopic (exact) mass is 464 g/mol. The van der Waals surface area contributed by atoms with E-state index in [2.05, 4.69) is 10.1 Å². The maximum Gasteiger partial charge on any atom is 0.345 e. The zero-order valence-electron chi connectivity index (χ0n) is 20.2. The number of amides is 1. The van der Waals surface area contributed by atoms with E-state index in [9.17, 15) is 14.4 Å². The fourth-order valence-corrected chi connectivity index (χ4v) is 5.55. The minimum Gasteiger partial charge on any atom is -0.338 e. The number of pyridine rings is 2. The molecule has 34 heavy (non-hydrogen) atoms. The molecule has 5 rings (SSSR count). The van der Waals surface area contributed by atoms with Crippen LogP contribution in [0.15, 0.2) is 27.9 Å². The van der Waals surface area contributed by atoms with Gasteiger partial charge in [-0.15, -0.1) is 0 Å². The fourth-order valence-electron chi connectivity index (χ4n) is 5.55. The Hall–Kier alpha value is -3.23. The van der Waals surface area contributed by atoms with Crippen molar-refractivity contribution in [3.05, 3.63) is 56.1 Å². The van der Waals surface area contributed by atoms with Gasteiger partial charge in [0.25, 0.3) is 5.91 Å². The number of piperidine rings is 1. The Balaban J connectivity index is 1.39. The highest BCUT2D eigenvalue weighted by atomic mass is 16.2. The van der Waals surface area contributed by atoms with Crippen LogP contribution in [0, 0.1) is 6.92 Å². The van der Waals surface area contributed by atoms with E-state index in [1.165, 1.54) is 4.68 Å². The first-order chi connectivity index (χ1) is 16.4. The van der Waals surface area contributed by atoms with Crippen LogP contribution >= 0.6 is 0 Å². The maximum absolute atomic E-state index is 13.4. The van der Waals surface area contributed by atoms with Crippen molar-refractivity contribution in [3.63, 3.8) is 0 Å². The Morgan fingerprint density at radius 2 is 1.79 bits per heavy atom. The highest BCUT2D eigenvalue weighted by Crippen LogP contribution is 2.33. The summed E-state index contributed by atoms with van der Waals surface area (Å²) in [7, 11) is 1.71. The number of likely N-dealkylation sites (tertiary alicyclic amines) is 1. The van der Waals surface area contributed by atoms with Gasteiger partial charge in [0.15, 0.2) is 0 Å². The first-order valence-electron chi connectivity index (χ1n) is 12.3. The first kappa shape index (κ1) is 22.6. The van der Waals surface area contributed by atoms with E-state index in [4.69, 9.17) is 0 Å². The number of hydrogen-bond acceptors (Lipinski definition) is 5. The van der Waals surface area contributed by atoms with E-state index in [1.807, 2.05) is 23.0 Å². The van der Waals surface area contributed by atoms with Crippen molar-refractivity contribution in [1.29, 1.82) is 0 Å². The van der Waals surface area contributed by atoms with Crippen LogP contribution in [0.2, 0.25) is 0 Å². The average Bonchev–Trinajstić information content (AvgIpc) is 3.47. The van der Waals surface area contributed by atoms with Crippen molar-refractivity contribution in [2.75, 3.05) is 13.1 Å². The van der Waals surface area contributed by atoms with Crippen LogP contribution in [0.1, 0.15) is 79.3 Å². The van der Waals surface area contributed by atoms with Gasteiger partial charge >= 0.3 is 5.69 Å². The lowest BCUT2D eigenvalue weighted by molar-refractivity contribution is 0.0707. The van der Waals surface area contributed by atoms with Crippen molar-refractivity contribution in [2.24, 2.45) is 7.05 Å². The van der Waals surface area contributed by atoms with Crippen molar-refractivity contribution in [1.82, 2.24) is 28.8 Å². The largest absolute Gasteiger partial charge is 0.345 e. The first-order valence-corrected chi connectivity index (χ1v) is 12.3. The van der Waals surface area contributed by atoms with Gasteiger partial charge in [0.2, 0.25) is 5.43 Å². The van der Waals surface area contributed by atoms with Gasteiger partial charge in [-0.2, -0.15) is 5.10 Å². The van der Waals surface area contributed by atoms with Crippen molar-refractivity contribution in [3.8, 4) is 0 Å². The Morgan fingerprint density at radius 3 is 2.47 bits per heavy atom. The molecule has 1 amide bonds. The van der Waals surface area contributed by atoms with Crippen LogP contribution in [0.25, 0.3) is 11.0 Å². The fraction of sp³-hybridized carbons (Fsp3) is 0.560. The highest BCUT2D eigenvalue weighted by Gasteiger charge is 2.32. The van der Waals surface area contributed by atoms with Crippen LogP contribution in [0.3, 0.4) is 0 Å². The summed E-state index contributed by atoms with van der Waals surface area (Å²) in [4.78, 5) is 45.6. The van der Waals surface area contributed by atoms with Gasteiger partial charge in [-0.05, 0) is 51.7 Å². The van der Waals surface area contributed by atoms with Crippen LogP contribution in [0.5, 0.6) is 0 Å². The van der Waals surface area contributed by atoms with Crippen LogP contribution in [-0.4, -0.2) is 47.8 Å². The van der Waals surface area contributed by atoms with E-state index in [-0.39, 0.29) is 34.5 Å². The zero-order valence-corrected chi connectivity index (χ0v) is 20.2. The van der Waals surface area contributed by atoms with Crippen LogP contribution < -0.4 is 11.1 Å². The summed E-state index contributed by atoms with van der Waals surface area (Å²) in [5.74, 6) is 0.754. The van der Waals surface area contributed by atoms with Gasteiger partial charge < -0.3 is 9.47 Å². The lowest BCUT2D eigenvalue weighted by Crippen LogP contribution is -2.41. The summed E-state index contributed by atoms with van der Waals surface area (Å²) in [5.41, 5.74) is 1.34. The van der Waals surface area contributed by atoms with E-state index in [0.29, 0.717) is 30.7 Å². The van der Waals surface area contributed by atoms with Gasteiger partial charge in [0, 0.05) is 50.5 Å². The molecule has 0 atom stereocenters. The average molecular weight is 465 g/mol. The number of aromatic nitrogens is 5. The minimum atomic E-state index is -0.265. The lowest BCUT2D eigenvalue weighted by Gasteiger charge is -2.32. The summed E-state index contributed by atoms with van der Waals surface area (Å²) < 4.78 is 5.23. The van der Waals surface area contributed by atoms with Crippen molar-refractivity contribution in [2.45, 2.75) is 70.9 Å². The SMILES string of the molecule is CCn1cc(C(=O)N2CCC(c3nn(C)c(=O)n3C3CCCC3)CC2)c(=O)c2ccc(C)nc21. The minimum absolute atomic E-state index is 0.0412. The number of carbonyl (C=O) groups excluding carboxylic acids is 1. The summed E-state index contributed by atoms with van der Waals surface area (Å²) in [6.07, 6.45) is 7.45. The van der Waals surface area contributed by atoms with Gasteiger partial charge in [0.1, 0.15) is 17.0 Å². The Kier molecular flexibility index (Phi) is 5.87. The second-order valence-corrected chi connectivity index (χ2v) is 9.62.